The fourth-order valence-electron chi connectivity index (χ4n) is 1.79. The molecule has 0 amide bonds. The summed E-state index contributed by atoms with van der Waals surface area (Å²) >= 11 is 0. The summed E-state index contributed by atoms with van der Waals surface area (Å²) in [5.74, 6) is -0.419. The molecule has 1 aromatic rings. The zero-order chi connectivity index (χ0) is 14.5. The Kier molecular flexibility index (Phi) is 4.53. The Hall–Kier alpha value is -2.14. The van der Waals surface area contributed by atoms with Gasteiger partial charge in [0.1, 0.15) is 11.3 Å². The summed E-state index contributed by atoms with van der Waals surface area (Å²) in [5, 5.41) is 6.98. The van der Waals surface area contributed by atoms with Crippen LogP contribution in [0.3, 0.4) is 0 Å². The second-order valence-electron chi connectivity index (χ2n) is 5.00. The molecule has 0 spiro atoms. The highest BCUT2D eigenvalue weighted by molar-refractivity contribution is 6.28. The molecule has 1 aromatic carbocycles. The minimum atomic E-state index is -0.419. The van der Waals surface area contributed by atoms with Gasteiger partial charge in [0.25, 0.3) is 0 Å². The average Bonchev–Trinajstić information content (AvgIpc) is 2.77. The van der Waals surface area contributed by atoms with Gasteiger partial charge >= 0.3 is 5.97 Å². The fraction of sp³-hybridized carbons (Fsp3) is 0.333. The van der Waals surface area contributed by atoms with E-state index in [0.29, 0.717) is 11.3 Å². The molecule has 0 atom stereocenters. The molecule has 0 saturated heterocycles. The van der Waals surface area contributed by atoms with Crippen LogP contribution in [0.15, 0.2) is 41.2 Å². The summed E-state index contributed by atoms with van der Waals surface area (Å²) in [6.45, 7) is 3.65. The smallest absolute Gasteiger partial charge is 0.369 e. The summed E-state index contributed by atoms with van der Waals surface area (Å²) in [4.78, 5) is 18.5. The molecule has 1 aliphatic rings. The molecule has 20 heavy (non-hydrogen) atoms. The average molecular weight is 273 g/mol. The first-order chi connectivity index (χ1) is 9.58. The molecule has 1 N–H and O–H groups in total. The van der Waals surface area contributed by atoms with Crippen molar-refractivity contribution in [2.45, 2.75) is 6.92 Å². The van der Waals surface area contributed by atoms with E-state index in [1.54, 1.807) is 6.20 Å². The minimum Gasteiger partial charge on any atom is -0.389 e. The maximum absolute atomic E-state index is 11.7. The number of nitrogens with zero attached hydrogens (tertiary/aromatic N) is 2. The van der Waals surface area contributed by atoms with Gasteiger partial charge in [-0.15, -0.1) is 0 Å². The third-order valence-corrected chi connectivity index (χ3v) is 2.97. The summed E-state index contributed by atoms with van der Waals surface area (Å²) in [7, 11) is 4.00. The number of carbonyl (C=O) groups is 1. The second kappa shape index (κ2) is 6.34. The van der Waals surface area contributed by atoms with Crippen molar-refractivity contribution >= 4 is 11.7 Å². The van der Waals surface area contributed by atoms with Gasteiger partial charge in [-0.25, -0.2) is 4.79 Å². The Morgan fingerprint density at radius 2 is 2.00 bits per heavy atom. The Morgan fingerprint density at radius 3 is 2.65 bits per heavy atom. The Balaban J connectivity index is 2.10. The molecule has 0 unspecified atom stereocenters. The van der Waals surface area contributed by atoms with E-state index in [1.807, 2.05) is 45.3 Å². The summed E-state index contributed by atoms with van der Waals surface area (Å²) < 4.78 is 0. The highest BCUT2D eigenvalue weighted by Crippen LogP contribution is 2.17. The van der Waals surface area contributed by atoms with Gasteiger partial charge in [0.2, 0.25) is 0 Å². The Bertz CT molecular complexity index is 545. The topological polar surface area (TPSA) is 53.9 Å². The zero-order valence-corrected chi connectivity index (χ0v) is 12.0. The number of benzene rings is 1. The van der Waals surface area contributed by atoms with Crippen LogP contribution in [-0.2, 0) is 9.63 Å². The van der Waals surface area contributed by atoms with Crippen LogP contribution >= 0.6 is 0 Å². The quantitative estimate of drug-likeness (QED) is 0.499. The first kappa shape index (κ1) is 14.3. The summed E-state index contributed by atoms with van der Waals surface area (Å²) in [6.07, 6.45) is 1.68. The van der Waals surface area contributed by atoms with Crippen molar-refractivity contribution in [3.05, 3.63) is 47.2 Å². The molecule has 2 rings (SSSR count). The molecule has 5 heteroatoms. The van der Waals surface area contributed by atoms with Crippen molar-refractivity contribution in [3.8, 4) is 0 Å². The number of likely N-dealkylation sites (N-methyl/N-ethyl adjacent to an activating group) is 1. The van der Waals surface area contributed by atoms with E-state index in [-0.39, 0.29) is 0 Å². The molecule has 5 nitrogen and oxygen atoms in total. The van der Waals surface area contributed by atoms with Crippen molar-refractivity contribution in [2.24, 2.45) is 5.16 Å². The lowest BCUT2D eigenvalue weighted by atomic mass is 10.0. The summed E-state index contributed by atoms with van der Waals surface area (Å²) in [6, 6.07) is 7.84. The Labute approximate surface area is 118 Å². The van der Waals surface area contributed by atoms with Crippen LogP contribution < -0.4 is 5.32 Å². The van der Waals surface area contributed by atoms with Crippen molar-refractivity contribution in [3.63, 3.8) is 0 Å². The number of oxime groups is 1. The number of hydrogen-bond acceptors (Lipinski definition) is 5. The van der Waals surface area contributed by atoms with Crippen LogP contribution in [0, 0.1) is 6.92 Å². The van der Waals surface area contributed by atoms with Gasteiger partial charge in [0.05, 0.1) is 0 Å². The van der Waals surface area contributed by atoms with Crippen LogP contribution in [0.5, 0.6) is 0 Å². The first-order valence-electron chi connectivity index (χ1n) is 6.53. The number of rotatable bonds is 5. The predicted molar refractivity (Wildman–Crippen MR) is 78.4 cm³/mol. The van der Waals surface area contributed by atoms with Crippen molar-refractivity contribution < 1.29 is 9.63 Å². The van der Waals surface area contributed by atoms with E-state index in [2.05, 4.69) is 15.4 Å². The van der Waals surface area contributed by atoms with E-state index in [4.69, 9.17) is 4.84 Å². The predicted octanol–water partition coefficient (Wildman–Crippen LogP) is 1.29. The second-order valence-corrected chi connectivity index (χ2v) is 5.00. The fourth-order valence-corrected chi connectivity index (χ4v) is 1.79. The van der Waals surface area contributed by atoms with Gasteiger partial charge in [-0.2, -0.15) is 0 Å². The highest BCUT2D eigenvalue weighted by atomic mass is 16.7. The van der Waals surface area contributed by atoms with Gasteiger partial charge < -0.3 is 15.1 Å². The van der Waals surface area contributed by atoms with Crippen LogP contribution in [0.1, 0.15) is 11.1 Å². The van der Waals surface area contributed by atoms with E-state index >= 15 is 0 Å². The largest absolute Gasteiger partial charge is 0.389 e. The van der Waals surface area contributed by atoms with Crippen molar-refractivity contribution in [1.29, 1.82) is 0 Å². The molecule has 0 aromatic heterocycles. The van der Waals surface area contributed by atoms with Gasteiger partial charge in [-0.3, -0.25) is 0 Å². The van der Waals surface area contributed by atoms with Gasteiger partial charge in [-0.1, -0.05) is 35.0 Å². The van der Waals surface area contributed by atoms with Gasteiger partial charge in [-0.05, 0) is 21.0 Å². The molecule has 0 radical (unpaired) electrons. The molecular weight excluding hydrogens is 254 g/mol. The van der Waals surface area contributed by atoms with E-state index in [1.165, 1.54) is 0 Å². The highest BCUT2D eigenvalue weighted by Gasteiger charge is 2.26. The van der Waals surface area contributed by atoms with Gasteiger partial charge in [0.15, 0.2) is 0 Å². The lowest BCUT2D eigenvalue weighted by Gasteiger charge is -2.09. The molecule has 0 fully saturated rings. The molecule has 0 saturated carbocycles. The van der Waals surface area contributed by atoms with E-state index < -0.39 is 5.97 Å². The van der Waals surface area contributed by atoms with Crippen LogP contribution in [-0.4, -0.2) is 43.8 Å². The van der Waals surface area contributed by atoms with Crippen LogP contribution in [0.2, 0.25) is 0 Å². The monoisotopic (exact) mass is 273 g/mol. The number of carbonyl (C=O) groups excluding carboxylic acids is 1. The normalized spacial score (nSPS) is 16.5. The number of nitrogens with one attached hydrogen (secondary N) is 1. The lowest BCUT2D eigenvalue weighted by molar-refractivity contribution is -0.136. The van der Waals surface area contributed by atoms with Crippen molar-refractivity contribution in [1.82, 2.24) is 10.2 Å². The lowest BCUT2D eigenvalue weighted by Crippen LogP contribution is -2.24. The van der Waals surface area contributed by atoms with E-state index in [9.17, 15) is 4.79 Å². The minimum absolute atomic E-state index is 0.419. The van der Waals surface area contributed by atoms with E-state index in [0.717, 1.165) is 24.2 Å². The zero-order valence-electron chi connectivity index (χ0n) is 12.0. The van der Waals surface area contributed by atoms with Gasteiger partial charge in [0, 0.05) is 24.9 Å². The maximum Gasteiger partial charge on any atom is 0.369 e. The molecule has 106 valence electrons. The number of hydrogen-bond donors (Lipinski definition) is 1. The standard InChI is InChI=1S/C15H19N3O2/c1-11-4-6-12(7-5-11)14-13(15(19)20-17-14)10-16-8-9-18(2)3/h4-7,10,16H,8-9H2,1-3H3. The number of aryl methyl sites for hydroxylation is 1. The molecule has 1 heterocycles. The first-order valence-corrected chi connectivity index (χ1v) is 6.53. The van der Waals surface area contributed by atoms with Crippen LogP contribution in [0.4, 0.5) is 0 Å². The van der Waals surface area contributed by atoms with Crippen LogP contribution in [0.25, 0.3) is 0 Å². The summed E-state index contributed by atoms with van der Waals surface area (Å²) in [5.41, 5.74) is 3.08. The molecule has 0 bridgehead atoms. The van der Waals surface area contributed by atoms with Crippen molar-refractivity contribution in [2.75, 3.05) is 27.2 Å². The molecule has 0 aliphatic carbocycles. The molecular formula is C15H19N3O2. The maximum atomic E-state index is 11.7. The third-order valence-electron chi connectivity index (χ3n) is 2.97. The Morgan fingerprint density at radius 1 is 1.30 bits per heavy atom. The third kappa shape index (κ3) is 3.45. The molecule has 1 aliphatic heterocycles. The SMILES string of the molecule is Cc1ccc(C2=NOC(=O)C2=CNCCN(C)C)cc1.